The third-order valence-corrected chi connectivity index (χ3v) is 4.66. The van der Waals surface area contributed by atoms with E-state index in [-0.39, 0.29) is 18.1 Å². The van der Waals surface area contributed by atoms with Crippen LogP contribution in [0, 0.1) is 17.1 Å². The maximum absolute atomic E-state index is 13.7. The molecule has 2 aromatic carbocycles. The zero-order chi connectivity index (χ0) is 20.3. The molecule has 0 atom stereocenters. The van der Waals surface area contributed by atoms with Gasteiger partial charge in [-0.25, -0.2) is 9.18 Å². The van der Waals surface area contributed by atoms with Gasteiger partial charge in [0.1, 0.15) is 29.9 Å². The van der Waals surface area contributed by atoms with Crippen molar-refractivity contribution < 1.29 is 19.0 Å². The Morgan fingerprint density at radius 3 is 2.46 bits per heavy atom. The van der Waals surface area contributed by atoms with Gasteiger partial charge in [-0.05, 0) is 30.2 Å². The Morgan fingerprint density at radius 2 is 1.89 bits per heavy atom. The van der Waals surface area contributed by atoms with E-state index in [1.165, 1.54) is 6.07 Å². The summed E-state index contributed by atoms with van der Waals surface area (Å²) < 4.78 is 20.9. The molecule has 0 radical (unpaired) electrons. The maximum Gasteiger partial charge on any atom is 0.353 e. The van der Waals surface area contributed by atoms with Crippen LogP contribution >= 0.6 is 0 Å². The van der Waals surface area contributed by atoms with E-state index < -0.39 is 5.97 Å². The van der Waals surface area contributed by atoms with E-state index in [4.69, 9.17) is 4.74 Å². The molecule has 3 rings (SSSR count). The summed E-state index contributed by atoms with van der Waals surface area (Å²) in [5.41, 5.74) is 2.57. The molecule has 6 heteroatoms. The number of nitrogens with zero attached hydrogens (tertiary/aromatic N) is 2. The Balaban J connectivity index is 1.93. The van der Waals surface area contributed by atoms with Crippen molar-refractivity contribution in [3.8, 4) is 22.9 Å². The molecule has 0 aliphatic heterocycles. The fraction of sp³-hybridized carbons (Fsp3) is 0.182. The summed E-state index contributed by atoms with van der Waals surface area (Å²) in [4.78, 5) is 11.8. The van der Waals surface area contributed by atoms with Gasteiger partial charge in [0.15, 0.2) is 0 Å². The lowest BCUT2D eigenvalue weighted by Crippen LogP contribution is -2.07. The van der Waals surface area contributed by atoms with Crippen LogP contribution in [0.3, 0.4) is 0 Å². The zero-order valence-corrected chi connectivity index (χ0v) is 15.6. The second-order valence-electron chi connectivity index (χ2n) is 6.28. The number of rotatable bonds is 6. The zero-order valence-electron chi connectivity index (χ0n) is 15.6. The number of hydrogen-bond donors (Lipinski definition) is 1. The van der Waals surface area contributed by atoms with Gasteiger partial charge in [-0.2, -0.15) is 5.26 Å². The first-order chi connectivity index (χ1) is 13.5. The van der Waals surface area contributed by atoms with E-state index in [2.05, 4.69) is 6.07 Å². The van der Waals surface area contributed by atoms with Gasteiger partial charge in [0.2, 0.25) is 0 Å². The number of nitriles is 1. The largest absolute Gasteiger partial charge is 0.489 e. The van der Waals surface area contributed by atoms with Gasteiger partial charge in [-0.1, -0.05) is 37.3 Å². The summed E-state index contributed by atoms with van der Waals surface area (Å²) in [7, 11) is 1.65. The van der Waals surface area contributed by atoms with Gasteiger partial charge in [0, 0.05) is 23.9 Å². The van der Waals surface area contributed by atoms with E-state index >= 15 is 0 Å². The summed E-state index contributed by atoms with van der Waals surface area (Å²) in [5.74, 6) is -0.900. The van der Waals surface area contributed by atoms with Crippen molar-refractivity contribution >= 4 is 5.97 Å². The summed E-state index contributed by atoms with van der Waals surface area (Å²) in [6, 6.07) is 15.3. The van der Waals surface area contributed by atoms with E-state index in [0.29, 0.717) is 40.1 Å². The quantitative estimate of drug-likeness (QED) is 0.683. The molecule has 1 aromatic heterocycles. The molecule has 5 nitrogen and oxygen atoms in total. The molecule has 0 aliphatic carbocycles. The van der Waals surface area contributed by atoms with Crippen molar-refractivity contribution in [1.29, 1.82) is 5.26 Å². The third kappa shape index (κ3) is 3.47. The molecule has 0 saturated carbocycles. The molecule has 142 valence electrons. The van der Waals surface area contributed by atoms with Crippen molar-refractivity contribution in [2.75, 3.05) is 0 Å². The Hall–Kier alpha value is -3.59. The molecule has 3 aromatic rings. The predicted molar refractivity (Wildman–Crippen MR) is 103 cm³/mol. The fourth-order valence-electron chi connectivity index (χ4n) is 3.29. The Labute approximate surface area is 162 Å². The molecule has 0 fully saturated rings. The predicted octanol–water partition coefficient (Wildman–Crippen LogP) is 4.54. The molecule has 1 heterocycles. The second kappa shape index (κ2) is 7.97. The Bertz CT molecular complexity index is 1060. The van der Waals surface area contributed by atoms with Crippen LogP contribution in [-0.4, -0.2) is 15.6 Å². The number of ether oxygens (including phenoxy) is 1. The average molecular weight is 378 g/mol. The highest BCUT2D eigenvalue weighted by Crippen LogP contribution is 2.33. The minimum absolute atomic E-state index is 0.0772. The lowest BCUT2D eigenvalue weighted by molar-refractivity contribution is 0.0687. The van der Waals surface area contributed by atoms with Crippen LogP contribution in [0.4, 0.5) is 4.39 Å². The number of carbonyl (C=O) groups is 1. The van der Waals surface area contributed by atoms with Gasteiger partial charge >= 0.3 is 5.97 Å². The minimum Gasteiger partial charge on any atom is -0.489 e. The number of hydrogen-bond acceptors (Lipinski definition) is 3. The number of aromatic nitrogens is 1. The topological polar surface area (TPSA) is 75.2 Å². The standard InChI is InChI=1S/C22H19FN2O3/c1-3-19-17(12-24)20(21(22(26)27)25(19)2)14-8-10-16(11-9-14)28-13-15-6-4-5-7-18(15)23/h4-11H,3,13H2,1-2H3,(H,26,27). The highest BCUT2D eigenvalue weighted by Gasteiger charge is 2.25. The number of aromatic carboxylic acids is 1. The smallest absolute Gasteiger partial charge is 0.353 e. The van der Waals surface area contributed by atoms with Crippen LogP contribution in [0.25, 0.3) is 11.1 Å². The van der Waals surface area contributed by atoms with Gasteiger partial charge in [-0.15, -0.1) is 0 Å². The molecule has 1 N–H and O–H groups in total. The van der Waals surface area contributed by atoms with E-state index in [1.807, 2.05) is 6.92 Å². The first kappa shape index (κ1) is 19.2. The van der Waals surface area contributed by atoms with Crippen LogP contribution < -0.4 is 4.74 Å². The molecule has 0 spiro atoms. The van der Waals surface area contributed by atoms with E-state index in [9.17, 15) is 19.6 Å². The third-order valence-electron chi connectivity index (χ3n) is 4.66. The van der Waals surface area contributed by atoms with Crippen LogP contribution in [0.15, 0.2) is 48.5 Å². The molecule has 0 aliphatic rings. The van der Waals surface area contributed by atoms with Crippen molar-refractivity contribution in [2.45, 2.75) is 20.0 Å². The van der Waals surface area contributed by atoms with Crippen molar-refractivity contribution in [3.63, 3.8) is 0 Å². The summed E-state index contributed by atoms with van der Waals surface area (Å²) in [6.07, 6.45) is 0.545. The minimum atomic E-state index is -1.09. The molecule has 28 heavy (non-hydrogen) atoms. The summed E-state index contributed by atoms with van der Waals surface area (Å²) in [5, 5.41) is 19.2. The fourth-order valence-corrected chi connectivity index (χ4v) is 3.29. The number of carboxylic acids is 1. The molecule has 0 unspecified atom stereocenters. The molecule has 0 bridgehead atoms. The van der Waals surface area contributed by atoms with Crippen LogP contribution in [0.1, 0.15) is 34.2 Å². The number of halogens is 1. The van der Waals surface area contributed by atoms with Gasteiger partial charge < -0.3 is 14.4 Å². The van der Waals surface area contributed by atoms with Crippen molar-refractivity contribution in [1.82, 2.24) is 4.57 Å². The molecular weight excluding hydrogens is 359 g/mol. The summed E-state index contributed by atoms with van der Waals surface area (Å²) in [6.45, 7) is 1.96. The first-order valence-electron chi connectivity index (χ1n) is 8.79. The number of carboxylic acid groups (broad SMARTS) is 1. The maximum atomic E-state index is 13.7. The monoisotopic (exact) mass is 378 g/mol. The van der Waals surface area contributed by atoms with Crippen molar-refractivity contribution in [2.24, 2.45) is 7.05 Å². The molecular formula is C22H19FN2O3. The highest BCUT2D eigenvalue weighted by molar-refractivity contribution is 5.97. The Kier molecular flexibility index (Phi) is 5.46. The lowest BCUT2D eigenvalue weighted by atomic mass is 10.00. The van der Waals surface area contributed by atoms with Crippen LogP contribution in [0.2, 0.25) is 0 Å². The highest BCUT2D eigenvalue weighted by atomic mass is 19.1. The molecule has 0 saturated heterocycles. The first-order valence-corrected chi connectivity index (χ1v) is 8.79. The van der Waals surface area contributed by atoms with Crippen molar-refractivity contribution in [3.05, 3.63) is 76.9 Å². The van der Waals surface area contributed by atoms with E-state index in [1.54, 1.807) is 54.1 Å². The van der Waals surface area contributed by atoms with Gasteiger partial charge in [0.05, 0.1) is 5.56 Å². The normalized spacial score (nSPS) is 10.5. The van der Waals surface area contributed by atoms with Gasteiger partial charge in [-0.3, -0.25) is 0 Å². The van der Waals surface area contributed by atoms with Crippen LogP contribution in [-0.2, 0) is 20.1 Å². The lowest BCUT2D eigenvalue weighted by Gasteiger charge is -2.09. The average Bonchev–Trinajstić information content (AvgIpc) is 2.99. The second-order valence-corrected chi connectivity index (χ2v) is 6.28. The van der Waals surface area contributed by atoms with Gasteiger partial charge in [0.25, 0.3) is 0 Å². The summed E-state index contributed by atoms with van der Waals surface area (Å²) >= 11 is 0. The Morgan fingerprint density at radius 1 is 1.21 bits per heavy atom. The SMILES string of the molecule is CCc1c(C#N)c(-c2ccc(OCc3ccccc3F)cc2)c(C(=O)O)n1C. The number of benzene rings is 2. The van der Waals surface area contributed by atoms with Crippen LogP contribution in [0.5, 0.6) is 5.75 Å². The molecule has 0 amide bonds. The van der Waals surface area contributed by atoms with E-state index in [0.717, 1.165) is 0 Å².